The zero-order chi connectivity index (χ0) is 12.1. The molecule has 1 aliphatic carbocycles. The van der Waals surface area contributed by atoms with Gasteiger partial charge >= 0.3 is 7.60 Å². The van der Waals surface area contributed by atoms with Crippen LogP contribution in [0, 0.1) is 0 Å². The van der Waals surface area contributed by atoms with Crippen LogP contribution >= 0.6 is 7.60 Å². The number of rotatable bonds is 7. The molecule has 0 aromatic rings. The molecule has 4 heteroatoms. The quantitative estimate of drug-likeness (QED) is 0.690. The average molecular weight is 248 g/mol. The largest absolute Gasteiger partial charge is 0.328 e. The van der Waals surface area contributed by atoms with Gasteiger partial charge in [-0.05, 0) is 25.7 Å². The second kappa shape index (κ2) is 6.18. The van der Waals surface area contributed by atoms with Gasteiger partial charge in [0, 0.05) is 6.16 Å². The summed E-state index contributed by atoms with van der Waals surface area (Å²) in [5.74, 6) is 0. The van der Waals surface area contributed by atoms with Crippen molar-refractivity contribution < 1.29 is 14.0 Å². The Morgan fingerprint density at radius 2 is 1.88 bits per heavy atom. The van der Waals surface area contributed by atoms with Crippen molar-refractivity contribution in [1.82, 2.24) is 0 Å². The SMILES string of the molecule is CCCCP(=O)(O)OC1(CCC)CCCC1. The van der Waals surface area contributed by atoms with Gasteiger partial charge in [0.05, 0.1) is 5.60 Å². The fraction of sp³-hybridized carbons (Fsp3) is 1.00. The Labute approximate surface area is 99.1 Å². The molecule has 1 saturated carbocycles. The van der Waals surface area contributed by atoms with E-state index in [9.17, 15) is 9.46 Å². The molecule has 96 valence electrons. The molecule has 1 atom stereocenters. The first kappa shape index (κ1) is 14.2. The molecule has 1 aliphatic rings. The minimum Gasteiger partial charge on any atom is -0.324 e. The summed E-state index contributed by atoms with van der Waals surface area (Å²) in [5.41, 5.74) is -0.285. The maximum Gasteiger partial charge on any atom is 0.328 e. The highest BCUT2D eigenvalue weighted by Gasteiger charge is 2.39. The van der Waals surface area contributed by atoms with E-state index in [4.69, 9.17) is 4.52 Å². The van der Waals surface area contributed by atoms with Gasteiger partial charge in [0.1, 0.15) is 0 Å². The summed E-state index contributed by atoms with van der Waals surface area (Å²) in [6.45, 7) is 4.13. The highest BCUT2D eigenvalue weighted by atomic mass is 31.2. The molecule has 0 heterocycles. The van der Waals surface area contributed by atoms with Gasteiger partial charge in [0.15, 0.2) is 0 Å². The van der Waals surface area contributed by atoms with Gasteiger partial charge in [0.25, 0.3) is 0 Å². The van der Waals surface area contributed by atoms with Crippen molar-refractivity contribution in [3.05, 3.63) is 0 Å². The monoisotopic (exact) mass is 248 g/mol. The Morgan fingerprint density at radius 3 is 2.38 bits per heavy atom. The summed E-state index contributed by atoms with van der Waals surface area (Å²) in [6, 6.07) is 0. The Hall–Kier alpha value is 0.150. The van der Waals surface area contributed by atoms with Crippen molar-refractivity contribution >= 4 is 7.60 Å². The van der Waals surface area contributed by atoms with Crippen LogP contribution in [0.1, 0.15) is 65.2 Å². The van der Waals surface area contributed by atoms with Crippen molar-refractivity contribution in [3.8, 4) is 0 Å². The summed E-state index contributed by atoms with van der Waals surface area (Å²) in [5, 5.41) is 0. The van der Waals surface area contributed by atoms with Gasteiger partial charge in [0.2, 0.25) is 0 Å². The highest BCUT2D eigenvalue weighted by Crippen LogP contribution is 2.52. The number of hydrogen-bond acceptors (Lipinski definition) is 2. The maximum atomic E-state index is 11.9. The lowest BCUT2D eigenvalue weighted by Crippen LogP contribution is -2.27. The lowest BCUT2D eigenvalue weighted by Gasteiger charge is -2.31. The molecule has 0 bridgehead atoms. The Kier molecular flexibility index (Phi) is 5.49. The standard InChI is InChI=1S/C12H25O3P/c1-3-5-11-16(13,14)15-12(8-4-2)9-6-7-10-12/h3-11H2,1-2H3,(H,13,14). The number of hydrogen-bond donors (Lipinski definition) is 1. The summed E-state index contributed by atoms with van der Waals surface area (Å²) in [4.78, 5) is 9.83. The molecule has 16 heavy (non-hydrogen) atoms. The van der Waals surface area contributed by atoms with Crippen LogP contribution in [0.3, 0.4) is 0 Å². The molecular formula is C12H25O3P. The van der Waals surface area contributed by atoms with E-state index in [-0.39, 0.29) is 5.60 Å². The van der Waals surface area contributed by atoms with Crippen LogP contribution in [0.15, 0.2) is 0 Å². The van der Waals surface area contributed by atoms with E-state index in [0.29, 0.717) is 6.16 Å². The zero-order valence-corrected chi connectivity index (χ0v) is 11.5. The van der Waals surface area contributed by atoms with Crippen LogP contribution in [-0.2, 0) is 9.09 Å². The lowest BCUT2D eigenvalue weighted by molar-refractivity contribution is 0.0529. The van der Waals surface area contributed by atoms with Crippen LogP contribution in [0.2, 0.25) is 0 Å². The minimum atomic E-state index is -3.35. The smallest absolute Gasteiger partial charge is 0.324 e. The molecule has 1 N–H and O–H groups in total. The van der Waals surface area contributed by atoms with Gasteiger partial charge in [-0.25, -0.2) is 0 Å². The van der Waals surface area contributed by atoms with Gasteiger partial charge in [-0.2, -0.15) is 0 Å². The molecule has 0 aromatic heterocycles. The molecular weight excluding hydrogens is 223 g/mol. The highest BCUT2D eigenvalue weighted by molar-refractivity contribution is 7.52. The summed E-state index contributed by atoms with van der Waals surface area (Å²) in [7, 11) is -3.35. The molecule has 0 aliphatic heterocycles. The molecule has 0 saturated heterocycles. The van der Waals surface area contributed by atoms with E-state index in [2.05, 4.69) is 6.92 Å². The summed E-state index contributed by atoms with van der Waals surface area (Å²) >= 11 is 0. The maximum absolute atomic E-state index is 11.9. The third-order valence-corrected chi connectivity index (χ3v) is 4.90. The topological polar surface area (TPSA) is 46.5 Å². The fourth-order valence-electron chi connectivity index (χ4n) is 2.57. The van der Waals surface area contributed by atoms with E-state index in [1.54, 1.807) is 0 Å². The molecule has 0 radical (unpaired) electrons. The Balaban J connectivity index is 2.57. The van der Waals surface area contributed by atoms with E-state index in [1.165, 1.54) is 0 Å². The first-order chi connectivity index (χ1) is 7.54. The van der Waals surface area contributed by atoms with Crippen LogP contribution in [0.4, 0.5) is 0 Å². The normalized spacial score (nSPS) is 23.2. The molecule has 1 rings (SSSR count). The zero-order valence-electron chi connectivity index (χ0n) is 10.6. The second-order valence-corrected chi connectivity index (χ2v) is 6.85. The van der Waals surface area contributed by atoms with E-state index >= 15 is 0 Å². The molecule has 0 spiro atoms. The van der Waals surface area contributed by atoms with E-state index < -0.39 is 7.60 Å². The number of unbranched alkanes of at least 4 members (excludes halogenated alkanes) is 1. The second-order valence-electron chi connectivity index (χ2n) is 4.95. The van der Waals surface area contributed by atoms with E-state index in [0.717, 1.165) is 51.4 Å². The predicted molar refractivity (Wildman–Crippen MR) is 66.8 cm³/mol. The third-order valence-electron chi connectivity index (χ3n) is 3.35. The third kappa shape index (κ3) is 4.20. The average Bonchev–Trinajstić information content (AvgIpc) is 2.63. The molecule has 1 unspecified atom stereocenters. The lowest BCUT2D eigenvalue weighted by atomic mass is 9.97. The molecule has 1 fully saturated rings. The van der Waals surface area contributed by atoms with Crippen LogP contribution in [0.5, 0.6) is 0 Å². The van der Waals surface area contributed by atoms with Gasteiger partial charge < -0.3 is 9.42 Å². The van der Waals surface area contributed by atoms with Crippen LogP contribution < -0.4 is 0 Å². The molecule has 0 amide bonds. The molecule has 0 aromatic carbocycles. The fourth-order valence-corrected chi connectivity index (χ4v) is 4.25. The van der Waals surface area contributed by atoms with Crippen molar-refractivity contribution in [2.45, 2.75) is 70.8 Å². The van der Waals surface area contributed by atoms with E-state index in [1.807, 2.05) is 6.92 Å². The van der Waals surface area contributed by atoms with Crippen LogP contribution in [-0.4, -0.2) is 16.7 Å². The first-order valence-electron chi connectivity index (χ1n) is 6.56. The van der Waals surface area contributed by atoms with Crippen LogP contribution in [0.25, 0.3) is 0 Å². The van der Waals surface area contributed by atoms with Crippen molar-refractivity contribution in [1.29, 1.82) is 0 Å². The Bertz CT molecular complexity index is 247. The van der Waals surface area contributed by atoms with Gasteiger partial charge in [-0.15, -0.1) is 0 Å². The van der Waals surface area contributed by atoms with Crippen molar-refractivity contribution in [2.75, 3.05) is 6.16 Å². The minimum absolute atomic E-state index is 0.285. The summed E-state index contributed by atoms with van der Waals surface area (Å²) < 4.78 is 17.6. The Morgan fingerprint density at radius 1 is 1.25 bits per heavy atom. The first-order valence-corrected chi connectivity index (χ1v) is 8.32. The molecule has 3 nitrogen and oxygen atoms in total. The predicted octanol–water partition coefficient (Wildman–Crippen LogP) is 4.10. The van der Waals surface area contributed by atoms with Crippen molar-refractivity contribution in [3.63, 3.8) is 0 Å². The van der Waals surface area contributed by atoms with Gasteiger partial charge in [-0.1, -0.05) is 39.5 Å². The van der Waals surface area contributed by atoms with Crippen molar-refractivity contribution in [2.24, 2.45) is 0 Å². The summed E-state index contributed by atoms with van der Waals surface area (Å²) in [6.07, 6.45) is 8.15. The van der Waals surface area contributed by atoms with Gasteiger partial charge in [-0.3, -0.25) is 4.57 Å².